The van der Waals surface area contributed by atoms with E-state index in [9.17, 15) is 4.79 Å². The van der Waals surface area contributed by atoms with Gasteiger partial charge >= 0.3 is 6.03 Å². The summed E-state index contributed by atoms with van der Waals surface area (Å²) in [6.07, 6.45) is 3.54. The fraction of sp³-hybridized carbons (Fsp3) is 0.923. The minimum atomic E-state index is -0.0347. The van der Waals surface area contributed by atoms with Crippen molar-refractivity contribution in [2.24, 2.45) is 11.8 Å². The number of aliphatic hydroxyl groups is 1. The molecule has 3 atom stereocenters. The standard InChI is InChI=1S/C13H26N2O2/c1-4-15(8-9-16)13(17)14-12-7-5-6-10(2)11(12)3/h10-12,16H,4-9H2,1-3H3,(H,14,17)/t10-,11+,12+/m0/s1. The Balaban J connectivity index is 2.48. The van der Waals surface area contributed by atoms with Crippen LogP contribution in [0.25, 0.3) is 0 Å². The van der Waals surface area contributed by atoms with E-state index in [0.29, 0.717) is 31.0 Å². The van der Waals surface area contributed by atoms with Crippen LogP contribution in [0.3, 0.4) is 0 Å². The van der Waals surface area contributed by atoms with Crippen molar-refractivity contribution in [3.63, 3.8) is 0 Å². The second-order valence-corrected chi connectivity index (χ2v) is 5.13. The van der Waals surface area contributed by atoms with E-state index in [1.165, 1.54) is 12.8 Å². The maximum Gasteiger partial charge on any atom is 0.317 e. The van der Waals surface area contributed by atoms with Gasteiger partial charge in [-0.25, -0.2) is 4.79 Å². The lowest BCUT2D eigenvalue weighted by atomic mass is 9.78. The molecule has 0 aliphatic heterocycles. The summed E-state index contributed by atoms with van der Waals surface area (Å²) in [5, 5.41) is 12.0. The third-order valence-electron chi connectivity index (χ3n) is 4.05. The summed E-state index contributed by atoms with van der Waals surface area (Å²) in [4.78, 5) is 13.6. The number of likely N-dealkylation sites (N-methyl/N-ethyl adjacent to an activating group) is 1. The normalized spacial score (nSPS) is 28.8. The number of nitrogens with zero attached hydrogens (tertiary/aromatic N) is 1. The number of urea groups is 1. The molecule has 0 heterocycles. The molecule has 0 aromatic rings. The van der Waals surface area contributed by atoms with Crippen molar-refractivity contribution in [3.05, 3.63) is 0 Å². The maximum atomic E-state index is 12.0. The van der Waals surface area contributed by atoms with Crippen LogP contribution in [0.1, 0.15) is 40.0 Å². The summed E-state index contributed by atoms with van der Waals surface area (Å²) in [6.45, 7) is 7.49. The lowest BCUT2D eigenvalue weighted by Crippen LogP contribution is -2.50. The smallest absolute Gasteiger partial charge is 0.317 e. The Kier molecular flexibility index (Phi) is 5.75. The molecule has 4 nitrogen and oxygen atoms in total. The highest BCUT2D eigenvalue weighted by atomic mass is 16.3. The fourth-order valence-corrected chi connectivity index (χ4v) is 2.56. The summed E-state index contributed by atoms with van der Waals surface area (Å²) in [5.74, 6) is 1.22. The number of carbonyl (C=O) groups is 1. The number of aliphatic hydroxyl groups excluding tert-OH is 1. The van der Waals surface area contributed by atoms with Crippen LogP contribution < -0.4 is 5.32 Å². The van der Waals surface area contributed by atoms with Gasteiger partial charge in [-0.05, 0) is 25.2 Å². The van der Waals surface area contributed by atoms with Crippen LogP contribution in [0.15, 0.2) is 0 Å². The molecule has 0 radical (unpaired) electrons. The molecule has 0 saturated heterocycles. The molecule has 2 N–H and O–H groups in total. The maximum absolute atomic E-state index is 12.0. The van der Waals surface area contributed by atoms with E-state index in [4.69, 9.17) is 5.11 Å². The molecule has 1 fully saturated rings. The van der Waals surface area contributed by atoms with Crippen molar-refractivity contribution in [2.45, 2.75) is 46.1 Å². The van der Waals surface area contributed by atoms with Crippen molar-refractivity contribution in [1.29, 1.82) is 0 Å². The molecule has 4 heteroatoms. The molecule has 1 rings (SSSR count). The first-order valence-electron chi connectivity index (χ1n) is 6.76. The van der Waals surface area contributed by atoms with Gasteiger partial charge in [0.05, 0.1) is 6.61 Å². The molecule has 0 bridgehead atoms. The van der Waals surface area contributed by atoms with Crippen LogP contribution >= 0.6 is 0 Å². The zero-order valence-corrected chi connectivity index (χ0v) is 11.3. The van der Waals surface area contributed by atoms with E-state index in [1.807, 2.05) is 6.92 Å². The van der Waals surface area contributed by atoms with Crippen molar-refractivity contribution < 1.29 is 9.90 Å². The van der Waals surface area contributed by atoms with Gasteiger partial charge < -0.3 is 15.3 Å². The number of hydrogen-bond acceptors (Lipinski definition) is 2. The summed E-state index contributed by atoms with van der Waals surface area (Å²) >= 11 is 0. The minimum absolute atomic E-state index is 0.0257. The monoisotopic (exact) mass is 242 g/mol. The average molecular weight is 242 g/mol. The van der Waals surface area contributed by atoms with Gasteiger partial charge in [-0.2, -0.15) is 0 Å². The summed E-state index contributed by atoms with van der Waals surface area (Å²) in [5.41, 5.74) is 0. The third kappa shape index (κ3) is 3.87. The van der Waals surface area contributed by atoms with Gasteiger partial charge in [0.1, 0.15) is 0 Å². The Morgan fingerprint density at radius 2 is 2.12 bits per heavy atom. The van der Waals surface area contributed by atoms with E-state index in [2.05, 4.69) is 19.2 Å². The van der Waals surface area contributed by atoms with Crippen LogP contribution in [0.4, 0.5) is 4.79 Å². The Morgan fingerprint density at radius 1 is 1.41 bits per heavy atom. The number of rotatable bonds is 4. The van der Waals surface area contributed by atoms with E-state index in [0.717, 1.165) is 6.42 Å². The highest BCUT2D eigenvalue weighted by Crippen LogP contribution is 2.29. The molecule has 2 amide bonds. The Morgan fingerprint density at radius 3 is 2.71 bits per heavy atom. The molecule has 0 spiro atoms. The molecule has 100 valence electrons. The predicted octanol–water partition coefficient (Wildman–Crippen LogP) is 1.83. The minimum Gasteiger partial charge on any atom is -0.395 e. The molecular weight excluding hydrogens is 216 g/mol. The first kappa shape index (κ1) is 14.3. The number of hydrogen-bond donors (Lipinski definition) is 2. The van der Waals surface area contributed by atoms with Gasteiger partial charge in [-0.3, -0.25) is 0 Å². The molecule has 17 heavy (non-hydrogen) atoms. The van der Waals surface area contributed by atoms with Crippen LogP contribution in [0, 0.1) is 11.8 Å². The Hall–Kier alpha value is -0.770. The van der Waals surface area contributed by atoms with E-state index in [-0.39, 0.29) is 12.6 Å². The summed E-state index contributed by atoms with van der Waals surface area (Å²) in [6, 6.07) is 0.256. The predicted molar refractivity (Wildman–Crippen MR) is 68.8 cm³/mol. The van der Waals surface area contributed by atoms with Crippen molar-refractivity contribution >= 4 is 6.03 Å². The van der Waals surface area contributed by atoms with Crippen molar-refractivity contribution in [3.8, 4) is 0 Å². The number of carbonyl (C=O) groups excluding carboxylic acids is 1. The lowest BCUT2D eigenvalue weighted by Gasteiger charge is -2.35. The van der Waals surface area contributed by atoms with Gasteiger partial charge in [0.15, 0.2) is 0 Å². The molecule has 1 saturated carbocycles. The van der Waals surface area contributed by atoms with Gasteiger partial charge in [0, 0.05) is 19.1 Å². The third-order valence-corrected chi connectivity index (χ3v) is 4.05. The molecule has 0 aromatic carbocycles. The first-order chi connectivity index (χ1) is 8.10. The Bertz CT molecular complexity index is 246. The number of amides is 2. The molecule has 1 aliphatic carbocycles. The second kappa shape index (κ2) is 6.84. The van der Waals surface area contributed by atoms with Crippen LogP contribution in [0.5, 0.6) is 0 Å². The van der Waals surface area contributed by atoms with Gasteiger partial charge in [0.2, 0.25) is 0 Å². The zero-order chi connectivity index (χ0) is 12.8. The molecule has 1 aliphatic rings. The quantitative estimate of drug-likeness (QED) is 0.790. The van der Waals surface area contributed by atoms with Gasteiger partial charge in [0.25, 0.3) is 0 Å². The van der Waals surface area contributed by atoms with E-state index < -0.39 is 0 Å². The van der Waals surface area contributed by atoms with E-state index >= 15 is 0 Å². The average Bonchev–Trinajstić information content (AvgIpc) is 2.31. The highest BCUT2D eigenvalue weighted by molar-refractivity contribution is 5.74. The van der Waals surface area contributed by atoms with Gasteiger partial charge in [-0.1, -0.05) is 26.7 Å². The van der Waals surface area contributed by atoms with Crippen LogP contribution in [-0.2, 0) is 0 Å². The summed E-state index contributed by atoms with van der Waals surface area (Å²) < 4.78 is 0. The lowest BCUT2D eigenvalue weighted by molar-refractivity contribution is 0.158. The Labute approximate surface area is 104 Å². The first-order valence-corrected chi connectivity index (χ1v) is 6.76. The summed E-state index contributed by atoms with van der Waals surface area (Å²) in [7, 11) is 0. The number of nitrogens with one attached hydrogen (secondary N) is 1. The largest absolute Gasteiger partial charge is 0.395 e. The topological polar surface area (TPSA) is 52.6 Å². The van der Waals surface area contributed by atoms with Crippen LogP contribution in [-0.4, -0.2) is 41.8 Å². The molecular formula is C13H26N2O2. The zero-order valence-electron chi connectivity index (χ0n) is 11.3. The van der Waals surface area contributed by atoms with Crippen molar-refractivity contribution in [2.75, 3.05) is 19.7 Å². The van der Waals surface area contributed by atoms with Crippen molar-refractivity contribution in [1.82, 2.24) is 10.2 Å². The second-order valence-electron chi connectivity index (χ2n) is 5.13. The van der Waals surface area contributed by atoms with Gasteiger partial charge in [-0.15, -0.1) is 0 Å². The SMILES string of the molecule is CCN(CCO)C(=O)N[C@@H]1CCC[C@H](C)[C@H]1C. The molecule has 0 unspecified atom stereocenters. The fourth-order valence-electron chi connectivity index (χ4n) is 2.56. The van der Waals surface area contributed by atoms with Crippen LogP contribution in [0.2, 0.25) is 0 Å². The highest BCUT2D eigenvalue weighted by Gasteiger charge is 2.28. The molecule has 0 aromatic heterocycles. The van der Waals surface area contributed by atoms with E-state index in [1.54, 1.807) is 4.90 Å².